The second-order valence-electron chi connectivity index (χ2n) is 13.5. The largest absolute Gasteiger partial charge is 0.490 e. The van der Waals surface area contributed by atoms with E-state index in [0.717, 1.165) is 23.1 Å². The number of fused-ring (bicyclic) bond motifs is 1. The molecule has 0 aliphatic carbocycles. The Kier molecular flexibility index (Phi) is 11.4. The van der Waals surface area contributed by atoms with Crippen molar-refractivity contribution in [2.24, 2.45) is 0 Å². The number of aromatic nitrogens is 8. The Morgan fingerprint density at radius 1 is 0.965 bits per heavy atom. The van der Waals surface area contributed by atoms with E-state index in [1.165, 1.54) is 16.9 Å². The van der Waals surface area contributed by atoms with E-state index >= 15 is 0 Å². The maximum atomic E-state index is 13.7. The molecule has 0 spiro atoms. The van der Waals surface area contributed by atoms with Gasteiger partial charge < -0.3 is 30.3 Å². The summed E-state index contributed by atoms with van der Waals surface area (Å²) in [6.45, 7) is 4.23. The monoisotopic (exact) mass is 790 g/mol. The van der Waals surface area contributed by atoms with E-state index < -0.39 is 36.7 Å². The second kappa shape index (κ2) is 16.6. The van der Waals surface area contributed by atoms with E-state index in [1.54, 1.807) is 10.9 Å². The number of halogens is 4. The Labute approximate surface area is 322 Å². The second-order valence-corrected chi connectivity index (χ2v) is 13.5. The SMILES string of the molecule is CCn1nnc([C@H]2O[C@@H](n3cnc4c(NCC(c5ccccc5)c5ccccc5)nc(N5CC[C@H](c6ccc(F)cc6)C5)nc43)[C@H](O)[C@@H]2O)n1.O=C(O)C(F)(F)F. The van der Waals surface area contributed by atoms with Crippen LogP contribution in [-0.2, 0) is 16.1 Å². The fourth-order valence-corrected chi connectivity index (χ4v) is 6.91. The molecule has 0 saturated carbocycles. The number of nitrogens with one attached hydrogen (secondary N) is 1. The molecule has 2 fully saturated rings. The number of nitrogens with zero attached hydrogens (tertiary/aromatic N) is 9. The summed E-state index contributed by atoms with van der Waals surface area (Å²) in [7, 11) is 0. The summed E-state index contributed by atoms with van der Waals surface area (Å²) in [5.74, 6) is -1.63. The predicted molar refractivity (Wildman–Crippen MR) is 197 cm³/mol. The third-order valence-electron chi connectivity index (χ3n) is 9.86. The predicted octanol–water partition coefficient (Wildman–Crippen LogP) is 4.83. The van der Waals surface area contributed by atoms with Crippen LogP contribution in [0.25, 0.3) is 11.2 Å². The molecule has 298 valence electrons. The first-order chi connectivity index (χ1) is 27.4. The van der Waals surface area contributed by atoms with Crippen LogP contribution < -0.4 is 10.2 Å². The number of hydrogen-bond acceptors (Lipinski definition) is 12. The van der Waals surface area contributed by atoms with Crippen LogP contribution in [0, 0.1) is 5.82 Å². The number of aryl methyl sites for hydroxylation is 1. The number of aliphatic carboxylic acids is 1. The average Bonchev–Trinajstić information content (AvgIpc) is 4.03. The lowest BCUT2D eigenvalue weighted by Gasteiger charge is -2.22. The van der Waals surface area contributed by atoms with Crippen LogP contribution in [0.5, 0.6) is 0 Å². The summed E-state index contributed by atoms with van der Waals surface area (Å²) in [4.78, 5) is 27.1. The van der Waals surface area contributed by atoms with Gasteiger partial charge in [-0.15, -0.1) is 10.2 Å². The number of rotatable bonds is 10. The molecule has 2 saturated heterocycles. The first kappa shape index (κ1) is 39.2. The number of carboxylic acid groups (broad SMARTS) is 1. The van der Waals surface area contributed by atoms with Crippen LogP contribution in [0.3, 0.4) is 0 Å². The molecule has 15 nitrogen and oxygen atoms in total. The molecule has 4 N–H and O–H groups in total. The van der Waals surface area contributed by atoms with Gasteiger partial charge in [-0.05, 0) is 47.4 Å². The van der Waals surface area contributed by atoms with Crippen LogP contribution >= 0.6 is 0 Å². The highest BCUT2D eigenvalue weighted by molar-refractivity contribution is 5.84. The first-order valence-electron chi connectivity index (χ1n) is 18.1. The quantitative estimate of drug-likeness (QED) is 0.138. The Bertz CT molecular complexity index is 2240. The van der Waals surface area contributed by atoms with Gasteiger partial charge in [0.15, 0.2) is 29.3 Å². The van der Waals surface area contributed by atoms with Gasteiger partial charge in [-0.1, -0.05) is 72.8 Å². The molecule has 8 rings (SSSR count). The van der Waals surface area contributed by atoms with Crippen molar-refractivity contribution >= 4 is 28.9 Å². The maximum absolute atomic E-state index is 13.7. The van der Waals surface area contributed by atoms with Gasteiger partial charge in [0.05, 0.1) is 12.9 Å². The number of hydrogen-bond donors (Lipinski definition) is 4. The van der Waals surface area contributed by atoms with Crippen molar-refractivity contribution in [3.63, 3.8) is 0 Å². The van der Waals surface area contributed by atoms with Gasteiger partial charge in [-0.25, -0.2) is 14.2 Å². The molecule has 6 aromatic rings. The number of anilines is 2. The van der Waals surface area contributed by atoms with Crippen LogP contribution in [0.1, 0.15) is 60.0 Å². The normalized spacial score (nSPS) is 20.8. The Morgan fingerprint density at radius 2 is 1.61 bits per heavy atom. The zero-order chi connectivity index (χ0) is 40.3. The molecule has 3 aromatic heterocycles. The lowest BCUT2D eigenvalue weighted by molar-refractivity contribution is -0.192. The van der Waals surface area contributed by atoms with E-state index in [2.05, 4.69) is 49.9 Å². The van der Waals surface area contributed by atoms with E-state index in [-0.39, 0.29) is 23.5 Å². The zero-order valence-electron chi connectivity index (χ0n) is 30.4. The van der Waals surface area contributed by atoms with Crippen molar-refractivity contribution in [1.29, 1.82) is 0 Å². The zero-order valence-corrected chi connectivity index (χ0v) is 30.4. The fourth-order valence-electron chi connectivity index (χ4n) is 6.91. The van der Waals surface area contributed by atoms with E-state index in [4.69, 9.17) is 29.6 Å². The number of imidazole rings is 1. The highest BCUT2D eigenvalue weighted by Gasteiger charge is 2.47. The van der Waals surface area contributed by atoms with Crippen molar-refractivity contribution in [2.75, 3.05) is 29.9 Å². The third kappa shape index (κ3) is 8.54. The highest BCUT2D eigenvalue weighted by atomic mass is 19.4. The van der Waals surface area contributed by atoms with Crippen molar-refractivity contribution < 1.29 is 42.4 Å². The van der Waals surface area contributed by atoms with Gasteiger partial charge in [-0.2, -0.15) is 27.9 Å². The van der Waals surface area contributed by atoms with Crippen molar-refractivity contribution in [3.05, 3.63) is 120 Å². The third-order valence-corrected chi connectivity index (χ3v) is 9.86. The molecule has 3 aromatic carbocycles. The van der Waals surface area contributed by atoms with Crippen LogP contribution in [-0.4, -0.2) is 99.0 Å². The summed E-state index contributed by atoms with van der Waals surface area (Å²) in [5, 5.41) is 45.3. The van der Waals surface area contributed by atoms with Crippen molar-refractivity contribution in [1.82, 2.24) is 39.7 Å². The van der Waals surface area contributed by atoms with Gasteiger partial charge in [0, 0.05) is 31.5 Å². The average molecular weight is 791 g/mol. The smallest absolute Gasteiger partial charge is 0.475 e. The first-order valence-corrected chi connectivity index (χ1v) is 18.1. The molecule has 0 bridgehead atoms. The van der Waals surface area contributed by atoms with Crippen molar-refractivity contribution in [2.45, 2.75) is 62.4 Å². The fraction of sp³-hybridized carbons (Fsp3) is 0.342. The van der Waals surface area contributed by atoms with Crippen LogP contribution in [0.15, 0.2) is 91.3 Å². The molecule has 5 heterocycles. The standard InChI is InChI=1S/C36H37FN10O3.C2HF3O2/c1-2-47-43-33(42-44-47)31-29(48)30(49)35(50-31)46-21-39-28-32(38-19-27(23-9-5-3-6-10-23)24-11-7-4-8-12-24)40-36(41-34(28)46)45-18-17-25(20-45)22-13-15-26(37)16-14-22;3-2(4,5)1(6)7/h3-16,21,25,27,29-31,35,48-49H,2,17-20H2,1H3,(H,38,40,41);(H,6,7)/t25-,29-,30+,31-,35+;/m0./s1. The van der Waals surface area contributed by atoms with Gasteiger partial charge in [0.2, 0.25) is 11.8 Å². The number of alkyl halides is 3. The van der Waals surface area contributed by atoms with Gasteiger partial charge >= 0.3 is 12.1 Å². The van der Waals surface area contributed by atoms with Crippen LogP contribution in [0.2, 0.25) is 0 Å². The Hall–Kier alpha value is -6.05. The summed E-state index contributed by atoms with van der Waals surface area (Å²) >= 11 is 0. The minimum absolute atomic E-state index is 0.0162. The number of carbonyl (C=O) groups is 1. The van der Waals surface area contributed by atoms with Gasteiger partial charge in [0.1, 0.15) is 18.0 Å². The molecule has 57 heavy (non-hydrogen) atoms. The molecule has 0 unspecified atom stereocenters. The summed E-state index contributed by atoms with van der Waals surface area (Å²) in [6.07, 6.45) is -7.35. The molecular weight excluding hydrogens is 752 g/mol. The number of aliphatic hydroxyl groups excluding tert-OH is 2. The highest BCUT2D eigenvalue weighted by Crippen LogP contribution is 2.40. The van der Waals surface area contributed by atoms with Crippen molar-refractivity contribution in [3.8, 4) is 0 Å². The lowest BCUT2D eigenvalue weighted by Crippen LogP contribution is -2.29. The van der Waals surface area contributed by atoms with Crippen LogP contribution in [0.4, 0.5) is 29.3 Å². The molecule has 2 aliphatic heterocycles. The molecule has 0 amide bonds. The van der Waals surface area contributed by atoms with E-state index in [0.29, 0.717) is 49.1 Å². The number of carboxylic acids is 1. The molecule has 2 aliphatic rings. The summed E-state index contributed by atoms with van der Waals surface area (Å²) in [6, 6.07) is 27.2. The Balaban J connectivity index is 0.000000651. The molecule has 19 heteroatoms. The van der Waals surface area contributed by atoms with Gasteiger partial charge in [0.25, 0.3) is 0 Å². The minimum Gasteiger partial charge on any atom is -0.475 e. The molecule has 5 atom stereocenters. The van der Waals surface area contributed by atoms with E-state index in [9.17, 15) is 27.8 Å². The molecule has 0 radical (unpaired) electrons. The minimum atomic E-state index is -5.08. The maximum Gasteiger partial charge on any atom is 0.490 e. The topological polar surface area (TPSA) is 189 Å². The van der Waals surface area contributed by atoms with Gasteiger partial charge in [-0.3, -0.25) is 4.57 Å². The summed E-state index contributed by atoms with van der Waals surface area (Å²) < 4.78 is 53.2. The number of tetrazole rings is 1. The van der Waals surface area contributed by atoms with E-state index in [1.807, 2.05) is 55.5 Å². The number of benzene rings is 3. The number of aliphatic hydroxyl groups is 2. The molecular formula is C38H38F4N10O5. The lowest BCUT2D eigenvalue weighted by atomic mass is 9.91. The Morgan fingerprint density at radius 3 is 2.21 bits per heavy atom. The number of ether oxygens (including phenoxy) is 1. The summed E-state index contributed by atoms with van der Waals surface area (Å²) in [5.41, 5.74) is 4.29.